The van der Waals surface area contributed by atoms with Gasteiger partial charge in [0.2, 0.25) is 0 Å². The van der Waals surface area contributed by atoms with Crippen LogP contribution in [0.1, 0.15) is 20.8 Å². The summed E-state index contributed by atoms with van der Waals surface area (Å²) in [6, 6.07) is 7.31. The van der Waals surface area contributed by atoms with Gasteiger partial charge in [-0.25, -0.2) is 14.3 Å². The lowest BCUT2D eigenvalue weighted by Crippen LogP contribution is -2.31. The Kier molecular flexibility index (Phi) is 4.35. The molecular weight excluding hydrogens is 394 g/mol. The van der Waals surface area contributed by atoms with Gasteiger partial charge in [0.25, 0.3) is 0 Å². The second kappa shape index (κ2) is 6.18. The van der Waals surface area contributed by atoms with Crippen LogP contribution < -0.4 is 5.69 Å². The Morgan fingerprint density at radius 2 is 1.96 bits per heavy atom. The molecule has 0 fully saturated rings. The van der Waals surface area contributed by atoms with Gasteiger partial charge in [0.05, 0.1) is 11.0 Å². The summed E-state index contributed by atoms with van der Waals surface area (Å²) in [5.41, 5.74) is 0.454. The Bertz CT molecular complexity index is 965. The molecule has 8 heteroatoms. The first-order valence-corrected chi connectivity index (χ1v) is 8.97. The number of carbonyl (C=O) groups excluding carboxylic acids is 1. The fourth-order valence-corrected chi connectivity index (χ4v) is 3.65. The number of imidazole rings is 1. The van der Waals surface area contributed by atoms with Gasteiger partial charge in [-0.05, 0) is 48.8 Å². The highest BCUT2D eigenvalue weighted by Crippen LogP contribution is 2.22. The Hall–Kier alpha value is -1.93. The van der Waals surface area contributed by atoms with Gasteiger partial charge >= 0.3 is 11.7 Å². The number of ether oxygens (including phenoxy) is 1. The van der Waals surface area contributed by atoms with Crippen molar-refractivity contribution in [2.24, 2.45) is 0 Å². The van der Waals surface area contributed by atoms with E-state index < -0.39 is 11.6 Å². The van der Waals surface area contributed by atoms with Crippen molar-refractivity contribution in [2.75, 3.05) is 0 Å². The average Bonchev–Trinajstić information content (AvgIpc) is 3.00. The maximum Gasteiger partial charge on any atom is 0.336 e. The van der Waals surface area contributed by atoms with Gasteiger partial charge in [0.15, 0.2) is 5.13 Å². The third-order valence-electron chi connectivity index (χ3n) is 3.20. The first-order valence-electron chi connectivity index (χ1n) is 7.30. The fourth-order valence-electron chi connectivity index (χ4n) is 2.40. The monoisotopic (exact) mass is 409 g/mol. The van der Waals surface area contributed by atoms with Gasteiger partial charge in [0.1, 0.15) is 16.7 Å². The summed E-state index contributed by atoms with van der Waals surface area (Å²) in [6.07, 6.45) is 0. The van der Waals surface area contributed by atoms with Crippen LogP contribution in [0.15, 0.2) is 39.0 Å². The lowest BCUT2D eigenvalue weighted by Gasteiger charge is -2.19. The van der Waals surface area contributed by atoms with E-state index in [4.69, 9.17) is 4.74 Å². The molecule has 0 unspecified atom stereocenters. The number of carbonyl (C=O) groups is 1. The summed E-state index contributed by atoms with van der Waals surface area (Å²) in [6.45, 7) is 5.24. The molecule has 0 saturated carbocycles. The summed E-state index contributed by atoms with van der Waals surface area (Å²) >= 11 is 4.65. The Balaban J connectivity index is 2.11. The third-order valence-corrected chi connectivity index (χ3v) is 4.73. The molecule has 0 aliphatic carbocycles. The highest BCUT2D eigenvalue weighted by molar-refractivity contribution is 9.10. The first-order chi connectivity index (χ1) is 11.3. The highest BCUT2D eigenvalue weighted by atomic mass is 79.9. The molecule has 0 aliphatic rings. The van der Waals surface area contributed by atoms with E-state index in [1.54, 1.807) is 26.8 Å². The molecule has 0 spiro atoms. The number of fused-ring (bicyclic) bond motifs is 1. The minimum Gasteiger partial charge on any atom is -0.459 e. The van der Waals surface area contributed by atoms with E-state index in [9.17, 15) is 9.59 Å². The highest BCUT2D eigenvalue weighted by Gasteiger charge is 2.21. The molecule has 0 saturated heterocycles. The van der Waals surface area contributed by atoms with Crippen molar-refractivity contribution in [3.05, 3.63) is 44.7 Å². The van der Waals surface area contributed by atoms with E-state index in [-0.39, 0.29) is 12.2 Å². The predicted molar refractivity (Wildman–Crippen MR) is 96.8 cm³/mol. The molecule has 0 bridgehead atoms. The van der Waals surface area contributed by atoms with Crippen molar-refractivity contribution in [2.45, 2.75) is 32.9 Å². The van der Waals surface area contributed by atoms with Crippen LogP contribution in [0.2, 0.25) is 0 Å². The molecule has 24 heavy (non-hydrogen) atoms. The van der Waals surface area contributed by atoms with Gasteiger partial charge in [-0.1, -0.05) is 12.1 Å². The van der Waals surface area contributed by atoms with Gasteiger partial charge in [-0.15, -0.1) is 11.3 Å². The number of para-hydroxylation sites is 2. The predicted octanol–water partition coefficient (Wildman–Crippen LogP) is 3.35. The van der Waals surface area contributed by atoms with Gasteiger partial charge < -0.3 is 4.74 Å². The minimum atomic E-state index is -0.598. The molecule has 126 valence electrons. The van der Waals surface area contributed by atoms with E-state index >= 15 is 0 Å². The van der Waals surface area contributed by atoms with Crippen LogP contribution >= 0.6 is 27.3 Å². The molecule has 0 N–H and O–H groups in total. The summed E-state index contributed by atoms with van der Waals surface area (Å²) < 4.78 is 8.93. The van der Waals surface area contributed by atoms with Crippen LogP contribution in [-0.2, 0) is 16.1 Å². The van der Waals surface area contributed by atoms with Gasteiger partial charge in [-0.2, -0.15) is 0 Å². The second-order valence-corrected chi connectivity index (χ2v) is 7.88. The molecule has 0 atom stereocenters. The molecular formula is C16H16BrN3O3S. The lowest BCUT2D eigenvalue weighted by molar-refractivity contribution is -0.155. The largest absolute Gasteiger partial charge is 0.459 e. The van der Waals surface area contributed by atoms with E-state index in [0.29, 0.717) is 20.8 Å². The van der Waals surface area contributed by atoms with E-state index in [1.165, 1.54) is 20.5 Å². The molecule has 1 aromatic carbocycles. The number of hydrogen-bond acceptors (Lipinski definition) is 5. The van der Waals surface area contributed by atoms with Crippen molar-refractivity contribution in [1.29, 1.82) is 0 Å². The summed E-state index contributed by atoms with van der Waals surface area (Å²) in [5.74, 6) is -0.451. The number of nitrogens with zero attached hydrogens (tertiary/aromatic N) is 3. The SMILES string of the molecule is CC(C)(C)OC(=O)Cn1c(=O)n(-c2nc(Br)cs2)c2ccccc21. The minimum absolute atomic E-state index is 0.143. The van der Waals surface area contributed by atoms with E-state index in [0.717, 1.165) is 0 Å². The number of esters is 1. The molecule has 3 aromatic rings. The molecule has 3 rings (SSSR count). The van der Waals surface area contributed by atoms with Crippen LogP contribution in [0.5, 0.6) is 0 Å². The van der Waals surface area contributed by atoms with Gasteiger partial charge in [0, 0.05) is 5.38 Å². The quantitative estimate of drug-likeness (QED) is 0.622. The zero-order chi connectivity index (χ0) is 17.5. The van der Waals surface area contributed by atoms with E-state index in [2.05, 4.69) is 20.9 Å². The van der Waals surface area contributed by atoms with Crippen LogP contribution in [0.4, 0.5) is 0 Å². The maximum absolute atomic E-state index is 12.9. The maximum atomic E-state index is 12.9. The van der Waals surface area contributed by atoms with Gasteiger partial charge in [-0.3, -0.25) is 9.36 Å². The molecule has 0 radical (unpaired) electrons. The Morgan fingerprint density at radius 1 is 1.29 bits per heavy atom. The summed E-state index contributed by atoms with van der Waals surface area (Å²) in [5, 5.41) is 2.35. The summed E-state index contributed by atoms with van der Waals surface area (Å²) in [4.78, 5) is 29.3. The van der Waals surface area contributed by atoms with Crippen molar-refractivity contribution in [1.82, 2.24) is 14.1 Å². The number of thiazole rings is 1. The van der Waals surface area contributed by atoms with Crippen LogP contribution in [0, 0.1) is 0 Å². The average molecular weight is 410 g/mol. The molecule has 0 amide bonds. The normalized spacial score (nSPS) is 11.8. The second-order valence-electron chi connectivity index (χ2n) is 6.23. The lowest BCUT2D eigenvalue weighted by atomic mass is 10.2. The third kappa shape index (κ3) is 3.29. The number of hydrogen-bond donors (Lipinski definition) is 0. The zero-order valence-corrected chi connectivity index (χ0v) is 15.8. The molecule has 2 aromatic heterocycles. The number of aromatic nitrogens is 3. The first kappa shape index (κ1) is 16.9. The topological polar surface area (TPSA) is 66.1 Å². The van der Waals surface area contributed by atoms with Crippen LogP contribution in [-0.4, -0.2) is 25.7 Å². The smallest absolute Gasteiger partial charge is 0.336 e. The Labute approximate surface area is 150 Å². The molecule has 2 heterocycles. The fraction of sp³-hybridized carbons (Fsp3) is 0.312. The Morgan fingerprint density at radius 3 is 2.54 bits per heavy atom. The standard InChI is InChI=1S/C16H16BrN3O3S/c1-16(2,3)23-13(21)8-19-10-6-4-5-7-11(10)20(15(19)22)14-18-12(17)9-24-14/h4-7,9H,8H2,1-3H3. The van der Waals surface area contributed by atoms with Crippen LogP contribution in [0.25, 0.3) is 16.2 Å². The van der Waals surface area contributed by atoms with Crippen molar-refractivity contribution < 1.29 is 9.53 Å². The zero-order valence-electron chi connectivity index (χ0n) is 13.4. The van der Waals surface area contributed by atoms with Crippen LogP contribution in [0.3, 0.4) is 0 Å². The molecule has 0 aliphatic heterocycles. The van der Waals surface area contributed by atoms with Crippen molar-refractivity contribution >= 4 is 44.3 Å². The van der Waals surface area contributed by atoms with Crippen molar-refractivity contribution in [3.8, 4) is 5.13 Å². The number of benzene rings is 1. The molecule has 6 nitrogen and oxygen atoms in total. The number of halogens is 1. The number of rotatable bonds is 3. The van der Waals surface area contributed by atoms with E-state index in [1.807, 2.05) is 23.6 Å². The van der Waals surface area contributed by atoms with Crippen molar-refractivity contribution in [3.63, 3.8) is 0 Å². The summed E-state index contributed by atoms with van der Waals surface area (Å²) in [7, 11) is 0.